The minimum absolute atomic E-state index is 0.384. The molecule has 0 fully saturated rings. The predicted molar refractivity (Wildman–Crippen MR) is 82.2 cm³/mol. The zero-order chi connectivity index (χ0) is 14.5. The molecule has 1 unspecified atom stereocenters. The van der Waals surface area contributed by atoms with Gasteiger partial charge < -0.3 is 5.32 Å². The van der Waals surface area contributed by atoms with Crippen molar-refractivity contribution >= 4 is 0 Å². The second-order valence-electron chi connectivity index (χ2n) is 4.91. The topological polar surface area (TPSA) is 42.7 Å². The monoisotopic (exact) mass is 272 g/mol. The van der Waals surface area contributed by atoms with Gasteiger partial charge in [-0.1, -0.05) is 32.9 Å². The predicted octanol–water partition coefficient (Wildman–Crippen LogP) is 3.06. The number of nitrogens with zero attached hydrogens (tertiary/aromatic N) is 3. The van der Waals surface area contributed by atoms with E-state index in [9.17, 15) is 0 Å². The van der Waals surface area contributed by atoms with Crippen LogP contribution in [0.25, 0.3) is 5.69 Å². The molecule has 108 valence electrons. The number of hydrogen-bond donors (Lipinski definition) is 1. The Kier molecular flexibility index (Phi) is 4.90. The van der Waals surface area contributed by atoms with Gasteiger partial charge in [0.15, 0.2) is 5.82 Å². The molecule has 0 spiro atoms. The first-order chi connectivity index (χ1) is 9.73. The molecule has 1 N–H and O–H groups in total. The molecule has 2 rings (SSSR count). The first kappa shape index (κ1) is 14.7. The van der Waals surface area contributed by atoms with Gasteiger partial charge in [-0.3, -0.25) is 0 Å². The van der Waals surface area contributed by atoms with E-state index in [4.69, 9.17) is 0 Å². The maximum Gasteiger partial charge on any atom is 0.151 e. The number of benzene rings is 1. The second kappa shape index (κ2) is 6.66. The highest BCUT2D eigenvalue weighted by Gasteiger charge is 2.11. The SMILES string of the molecule is CCc1nc(CC)n(-c2cccc(C(CC)NC)c2)n1. The maximum atomic E-state index is 4.61. The highest BCUT2D eigenvalue weighted by atomic mass is 15.3. The van der Waals surface area contributed by atoms with Crippen LogP contribution in [0.1, 0.15) is 50.4 Å². The molecule has 0 radical (unpaired) electrons. The summed E-state index contributed by atoms with van der Waals surface area (Å²) >= 11 is 0. The average Bonchev–Trinajstić information content (AvgIpc) is 2.92. The molecule has 20 heavy (non-hydrogen) atoms. The van der Waals surface area contributed by atoms with Crippen molar-refractivity contribution < 1.29 is 0 Å². The zero-order valence-corrected chi connectivity index (χ0v) is 12.8. The summed E-state index contributed by atoms with van der Waals surface area (Å²) in [6, 6.07) is 8.94. The van der Waals surface area contributed by atoms with Crippen LogP contribution >= 0.6 is 0 Å². The Morgan fingerprint density at radius 3 is 2.60 bits per heavy atom. The fraction of sp³-hybridized carbons (Fsp3) is 0.500. The quantitative estimate of drug-likeness (QED) is 0.879. The van der Waals surface area contributed by atoms with Crippen molar-refractivity contribution in [3.63, 3.8) is 0 Å². The van der Waals surface area contributed by atoms with E-state index in [1.54, 1.807) is 0 Å². The van der Waals surface area contributed by atoms with Crippen LogP contribution in [0, 0.1) is 0 Å². The molecule has 0 saturated heterocycles. The van der Waals surface area contributed by atoms with Crippen molar-refractivity contribution in [3.05, 3.63) is 41.5 Å². The molecule has 4 nitrogen and oxygen atoms in total. The third-order valence-corrected chi connectivity index (χ3v) is 3.62. The van der Waals surface area contributed by atoms with E-state index in [0.29, 0.717) is 6.04 Å². The van der Waals surface area contributed by atoms with Gasteiger partial charge in [0.1, 0.15) is 5.82 Å². The molecule has 4 heteroatoms. The summed E-state index contributed by atoms with van der Waals surface area (Å²) < 4.78 is 1.98. The van der Waals surface area contributed by atoms with Crippen LogP contribution in [0.2, 0.25) is 0 Å². The first-order valence-electron chi connectivity index (χ1n) is 7.45. The van der Waals surface area contributed by atoms with Gasteiger partial charge >= 0.3 is 0 Å². The van der Waals surface area contributed by atoms with Gasteiger partial charge in [-0.05, 0) is 31.2 Å². The van der Waals surface area contributed by atoms with Gasteiger partial charge in [0.05, 0.1) is 5.69 Å². The minimum Gasteiger partial charge on any atom is -0.313 e. The molecular weight excluding hydrogens is 248 g/mol. The first-order valence-corrected chi connectivity index (χ1v) is 7.45. The standard InChI is InChI=1S/C16H24N4/c1-5-14(17-4)12-9-8-10-13(11-12)20-16(7-3)18-15(6-2)19-20/h8-11,14,17H,5-7H2,1-4H3. The lowest BCUT2D eigenvalue weighted by molar-refractivity contribution is 0.576. The van der Waals surface area contributed by atoms with Gasteiger partial charge in [0.25, 0.3) is 0 Å². The molecule has 0 bridgehead atoms. The van der Waals surface area contributed by atoms with Crippen molar-refractivity contribution in [2.75, 3.05) is 7.05 Å². The molecule has 0 aliphatic heterocycles. The summed E-state index contributed by atoms with van der Waals surface area (Å²) in [5.41, 5.74) is 2.39. The molecular formula is C16H24N4. The van der Waals surface area contributed by atoms with E-state index in [-0.39, 0.29) is 0 Å². The normalized spacial score (nSPS) is 12.6. The smallest absolute Gasteiger partial charge is 0.151 e. The van der Waals surface area contributed by atoms with E-state index >= 15 is 0 Å². The van der Waals surface area contributed by atoms with Gasteiger partial charge in [-0.25, -0.2) is 9.67 Å². The summed E-state index contributed by atoms with van der Waals surface area (Å²) in [7, 11) is 2.00. The van der Waals surface area contributed by atoms with E-state index < -0.39 is 0 Å². The Labute approximate surface area is 121 Å². The molecule has 0 aliphatic carbocycles. The lowest BCUT2D eigenvalue weighted by atomic mass is 10.0. The van der Waals surface area contributed by atoms with E-state index in [1.807, 2.05) is 11.7 Å². The van der Waals surface area contributed by atoms with Gasteiger partial charge in [0, 0.05) is 18.9 Å². The number of hydrogen-bond acceptors (Lipinski definition) is 3. The lowest BCUT2D eigenvalue weighted by Gasteiger charge is -2.15. The van der Waals surface area contributed by atoms with Crippen molar-refractivity contribution in [2.24, 2.45) is 0 Å². The van der Waals surface area contributed by atoms with Crippen LogP contribution in [0.4, 0.5) is 0 Å². The molecule has 0 aliphatic rings. The van der Waals surface area contributed by atoms with E-state index in [1.165, 1.54) is 5.56 Å². The van der Waals surface area contributed by atoms with Crippen LogP contribution in [-0.2, 0) is 12.8 Å². The Morgan fingerprint density at radius 2 is 2.00 bits per heavy atom. The van der Waals surface area contributed by atoms with Crippen LogP contribution in [0.3, 0.4) is 0 Å². The molecule has 0 amide bonds. The van der Waals surface area contributed by atoms with Gasteiger partial charge in [-0.2, -0.15) is 5.10 Å². The molecule has 1 aromatic carbocycles. The maximum absolute atomic E-state index is 4.61. The lowest BCUT2D eigenvalue weighted by Crippen LogP contribution is -2.15. The summed E-state index contributed by atoms with van der Waals surface area (Å²) in [4.78, 5) is 4.57. The highest BCUT2D eigenvalue weighted by Crippen LogP contribution is 2.20. The fourth-order valence-electron chi connectivity index (χ4n) is 2.46. The van der Waals surface area contributed by atoms with E-state index in [2.05, 4.69) is 60.4 Å². The minimum atomic E-state index is 0.384. The molecule has 1 heterocycles. The molecule has 1 aromatic heterocycles. The van der Waals surface area contributed by atoms with Crippen LogP contribution in [-0.4, -0.2) is 21.8 Å². The van der Waals surface area contributed by atoms with Crippen molar-refractivity contribution in [3.8, 4) is 5.69 Å². The van der Waals surface area contributed by atoms with Crippen molar-refractivity contribution in [1.29, 1.82) is 0 Å². The Balaban J connectivity index is 2.42. The molecule has 0 saturated carbocycles. The summed E-state index contributed by atoms with van der Waals surface area (Å²) in [5.74, 6) is 1.93. The summed E-state index contributed by atoms with van der Waals surface area (Å²) in [6.07, 6.45) is 2.83. The summed E-state index contributed by atoms with van der Waals surface area (Å²) in [6.45, 7) is 6.39. The zero-order valence-electron chi connectivity index (χ0n) is 12.8. The molecule has 2 aromatic rings. The average molecular weight is 272 g/mol. The Hall–Kier alpha value is -1.68. The van der Waals surface area contributed by atoms with E-state index in [0.717, 1.165) is 36.6 Å². The Morgan fingerprint density at radius 1 is 1.20 bits per heavy atom. The number of aryl methyl sites for hydroxylation is 2. The second-order valence-corrected chi connectivity index (χ2v) is 4.91. The van der Waals surface area contributed by atoms with Gasteiger partial charge in [0.2, 0.25) is 0 Å². The third kappa shape index (κ3) is 2.90. The van der Waals surface area contributed by atoms with Gasteiger partial charge in [-0.15, -0.1) is 0 Å². The molecule has 1 atom stereocenters. The Bertz CT molecular complexity index is 555. The third-order valence-electron chi connectivity index (χ3n) is 3.62. The fourth-order valence-corrected chi connectivity index (χ4v) is 2.46. The van der Waals surface area contributed by atoms with Crippen LogP contribution < -0.4 is 5.32 Å². The number of nitrogens with one attached hydrogen (secondary N) is 1. The summed E-state index contributed by atoms with van der Waals surface area (Å²) in [5, 5.41) is 7.95. The van der Waals surface area contributed by atoms with Crippen LogP contribution in [0.15, 0.2) is 24.3 Å². The van der Waals surface area contributed by atoms with Crippen LogP contribution in [0.5, 0.6) is 0 Å². The highest BCUT2D eigenvalue weighted by molar-refractivity contribution is 5.37. The van der Waals surface area contributed by atoms with Crippen molar-refractivity contribution in [2.45, 2.75) is 46.1 Å². The van der Waals surface area contributed by atoms with Crippen molar-refractivity contribution in [1.82, 2.24) is 20.1 Å². The number of aromatic nitrogens is 3. The number of rotatable bonds is 6. The largest absolute Gasteiger partial charge is 0.313 e.